The molecule has 0 radical (unpaired) electrons. The summed E-state index contributed by atoms with van der Waals surface area (Å²) in [5, 5.41) is 3.39. The minimum Gasteiger partial charge on any atom is -0.371 e. The Labute approximate surface area is 161 Å². The van der Waals surface area contributed by atoms with Gasteiger partial charge >= 0.3 is 0 Å². The van der Waals surface area contributed by atoms with Gasteiger partial charge in [-0.3, -0.25) is 19.7 Å². The molecular formula is C19H22BrN3O3. The van der Waals surface area contributed by atoms with Crippen molar-refractivity contribution in [2.45, 2.75) is 38.3 Å². The third-order valence-electron chi connectivity index (χ3n) is 5.73. The van der Waals surface area contributed by atoms with Gasteiger partial charge in [0.25, 0.3) is 5.91 Å². The number of anilines is 1. The maximum Gasteiger partial charge on any atom is 0.255 e. The fourth-order valence-corrected chi connectivity index (χ4v) is 4.84. The van der Waals surface area contributed by atoms with Crippen LogP contribution in [0.5, 0.6) is 0 Å². The standard InChI is InChI=1S/C19H22BrN3O3/c20-10-12-6-8-22(9-7-12)15-3-1-2-13-14(15)11-23(19(13)26)16-4-5-17(24)21-18(16)25/h1-3,12,16H,4-11H2,(H,21,24,25). The summed E-state index contributed by atoms with van der Waals surface area (Å²) in [5.74, 6) is -0.0100. The average Bonchev–Trinajstić information content (AvgIpc) is 2.99. The Balaban J connectivity index is 1.57. The molecule has 1 aromatic carbocycles. The Kier molecular flexibility index (Phi) is 4.73. The second kappa shape index (κ2) is 7.02. The number of hydrogen-bond donors (Lipinski definition) is 1. The van der Waals surface area contributed by atoms with E-state index in [4.69, 9.17) is 0 Å². The van der Waals surface area contributed by atoms with Crippen LogP contribution in [0.2, 0.25) is 0 Å². The van der Waals surface area contributed by atoms with Crippen LogP contribution in [0.3, 0.4) is 0 Å². The maximum absolute atomic E-state index is 12.9. The molecule has 0 aliphatic carbocycles. The van der Waals surface area contributed by atoms with Gasteiger partial charge in [0.2, 0.25) is 11.8 Å². The van der Waals surface area contributed by atoms with Crippen LogP contribution in [0.15, 0.2) is 18.2 Å². The van der Waals surface area contributed by atoms with E-state index in [1.54, 1.807) is 4.90 Å². The molecule has 3 aliphatic rings. The number of piperidine rings is 2. The summed E-state index contributed by atoms with van der Waals surface area (Å²) in [6.45, 7) is 2.41. The van der Waals surface area contributed by atoms with Gasteiger partial charge in [-0.05, 0) is 37.3 Å². The highest BCUT2D eigenvalue weighted by Gasteiger charge is 2.40. The van der Waals surface area contributed by atoms with Gasteiger partial charge < -0.3 is 9.80 Å². The van der Waals surface area contributed by atoms with Crippen LogP contribution in [-0.2, 0) is 16.1 Å². The molecule has 6 nitrogen and oxygen atoms in total. The van der Waals surface area contributed by atoms with Crippen LogP contribution in [0.25, 0.3) is 0 Å². The Hall–Kier alpha value is -1.89. The fraction of sp³-hybridized carbons (Fsp3) is 0.526. The van der Waals surface area contributed by atoms with Crippen LogP contribution < -0.4 is 10.2 Å². The normalized spacial score (nSPS) is 24.0. The number of nitrogens with zero attached hydrogens (tertiary/aromatic N) is 2. The molecule has 138 valence electrons. The zero-order valence-corrected chi connectivity index (χ0v) is 16.1. The first kappa shape index (κ1) is 17.5. The summed E-state index contributed by atoms with van der Waals surface area (Å²) >= 11 is 3.57. The number of benzene rings is 1. The number of nitrogens with one attached hydrogen (secondary N) is 1. The van der Waals surface area contributed by atoms with Gasteiger partial charge in [0.05, 0.1) is 0 Å². The van der Waals surface area contributed by atoms with E-state index < -0.39 is 6.04 Å². The smallest absolute Gasteiger partial charge is 0.255 e. The van der Waals surface area contributed by atoms with Crippen LogP contribution in [0, 0.1) is 5.92 Å². The van der Waals surface area contributed by atoms with E-state index >= 15 is 0 Å². The van der Waals surface area contributed by atoms with E-state index in [1.807, 2.05) is 12.1 Å². The molecular weight excluding hydrogens is 398 g/mol. The number of imide groups is 1. The summed E-state index contributed by atoms with van der Waals surface area (Å²) in [4.78, 5) is 40.5. The lowest BCUT2D eigenvalue weighted by molar-refractivity contribution is -0.136. The van der Waals surface area contributed by atoms with Crippen molar-refractivity contribution >= 4 is 39.3 Å². The fourth-order valence-electron chi connectivity index (χ4n) is 4.19. The van der Waals surface area contributed by atoms with E-state index in [0.717, 1.165) is 42.5 Å². The van der Waals surface area contributed by atoms with Gasteiger partial charge in [-0.15, -0.1) is 0 Å². The summed E-state index contributed by atoms with van der Waals surface area (Å²) in [6, 6.07) is 5.29. The first-order chi connectivity index (χ1) is 12.6. The number of rotatable bonds is 3. The molecule has 1 atom stereocenters. The molecule has 2 saturated heterocycles. The lowest BCUT2D eigenvalue weighted by Gasteiger charge is -2.34. The summed E-state index contributed by atoms with van der Waals surface area (Å²) < 4.78 is 0. The van der Waals surface area contributed by atoms with Crippen LogP contribution in [-0.4, -0.2) is 47.1 Å². The van der Waals surface area contributed by atoms with Crippen molar-refractivity contribution < 1.29 is 14.4 Å². The molecule has 3 heterocycles. The highest BCUT2D eigenvalue weighted by molar-refractivity contribution is 9.09. The van der Waals surface area contributed by atoms with E-state index in [1.165, 1.54) is 0 Å². The van der Waals surface area contributed by atoms with Gasteiger partial charge in [0.15, 0.2) is 0 Å². The van der Waals surface area contributed by atoms with E-state index in [9.17, 15) is 14.4 Å². The molecule has 0 bridgehead atoms. The highest BCUT2D eigenvalue weighted by Crippen LogP contribution is 2.35. The van der Waals surface area contributed by atoms with E-state index in [-0.39, 0.29) is 24.1 Å². The maximum atomic E-state index is 12.9. The number of amides is 3. The minimum atomic E-state index is -0.556. The van der Waals surface area contributed by atoms with Crippen molar-refractivity contribution in [3.8, 4) is 0 Å². The zero-order valence-electron chi connectivity index (χ0n) is 14.5. The van der Waals surface area contributed by atoms with Crippen molar-refractivity contribution in [2.24, 2.45) is 5.92 Å². The highest BCUT2D eigenvalue weighted by atomic mass is 79.9. The predicted molar refractivity (Wildman–Crippen MR) is 101 cm³/mol. The molecule has 1 N–H and O–H groups in total. The third kappa shape index (κ3) is 3.02. The average molecular weight is 420 g/mol. The van der Waals surface area contributed by atoms with Crippen molar-refractivity contribution in [3.63, 3.8) is 0 Å². The van der Waals surface area contributed by atoms with Crippen molar-refractivity contribution in [3.05, 3.63) is 29.3 Å². The van der Waals surface area contributed by atoms with Crippen molar-refractivity contribution in [1.82, 2.24) is 10.2 Å². The summed E-state index contributed by atoms with van der Waals surface area (Å²) in [6.07, 6.45) is 2.96. The number of carbonyl (C=O) groups excluding carboxylic acids is 3. The second-order valence-corrected chi connectivity index (χ2v) is 7.94. The number of hydrogen-bond acceptors (Lipinski definition) is 4. The van der Waals surface area contributed by atoms with E-state index in [2.05, 4.69) is 32.2 Å². The monoisotopic (exact) mass is 419 g/mol. The van der Waals surface area contributed by atoms with Gasteiger partial charge in [-0.25, -0.2) is 0 Å². The first-order valence-electron chi connectivity index (χ1n) is 9.16. The molecule has 2 fully saturated rings. The van der Waals surface area contributed by atoms with Crippen LogP contribution >= 0.6 is 15.9 Å². The SMILES string of the molecule is O=C1CCC(N2Cc3c(cccc3N3CCC(CBr)CC3)C2=O)C(=O)N1. The number of carbonyl (C=O) groups is 3. The van der Waals surface area contributed by atoms with E-state index in [0.29, 0.717) is 24.4 Å². The summed E-state index contributed by atoms with van der Waals surface area (Å²) in [5.41, 5.74) is 2.81. The molecule has 26 heavy (non-hydrogen) atoms. The number of alkyl halides is 1. The van der Waals surface area contributed by atoms with Gasteiger partial charge in [0, 0.05) is 48.2 Å². The molecule has 0 spiro atoms. The quantitative estimate of drug-likeness (QED) is 0.601. The first-order valence-corrected chi connectivity index (χ1v) is 10.3. The molecule has 4 rings (SSSR count). The third-order valence-corrected chi connectivity index (χ3v) is 6.65. The number of fused-ring (bicyclic) bond motifs is 1. The Morgan fingerprint density at radius 3 is 2.58 bits per heavy atom. The van der Waals surface area contributed by atoms with Crippen LogP contribution in [0.1, 0.15) is 41.6 Å². The number of halogens is 1. The lowest BCUT2D eigenvalue weighted by atomic mass is 9.97. The molecule has 1 aromatic rings. The topological polar surface area (TPSA) is 69.7 Å². The lowest BCUT2D eigenvalue weighted by Crippen LogP contribution is -2.52. The van der Waals surface area contributed by atoms with Gasteiger partial charge in [-0.2, -0.15) is 0 Å². The minimum absolute atomic E-state index is 0.105. The molecule has 3 aliphatic heterocycles. The molecule has 7 heteroatoms. The van der Waals surface area contributed by atoms with Crippen molar-refractivity contribution in [2.75, 3.05) is 23.3 Å². The van der Waals surface area contributed by atoms with Gasteiger partial charge in [0.1, 0.15) is 6.04 Å². The Bertz CT molecular complexity index is 758. The van der Waals surface area contributed by atoms with Crippen molar-refractivity contribution in [1.29, 1.82) is 0 Å². The molecule has 1 unspecified atom stereocenters. The molecule has 0 aromatic heterocycles. The summed E-state index contributed by atoms with van der Waals surface area (Å²) in [7, 11) is 0. The Morgan fingerprint density at radius 1 is 1.12 bits per heavy atom. The molecule has 0 saturated carbocycles. The predicted octanol–water partition coefficient (Wildman–Crippen LogP) is 2.06. The van der Waals surface area contributed by atoms with Gasteiger partial charge in [-0.1, -0.05) is 22.0 Å². The Morgan fingerprint density at radius 2 is 1.88 bits per heavy atom. The second-order valence-electron chi connectivity index (χ2n) is 7.29. The zero-order chi connectivity index (χ0) is 18.3. The largest absolute Gasteiger partial charge is 0.371 e. The molecule has 3 amide bonds. The van der Waals surface area contributed by atoms with Crippen LogP contribution in [0.4, 0.5) is 5.69 Å².